The normalized spacial score (nSPS) is 11.3. The molecule has 0 fully saturated rings. The van der Waals surface area contributed by atoms with Crippen molar-refractivity contribution in [2.75, 3.05) is 7.11 Å². The maximum atomic E-state index is 6.42. The van der Waals surface area contributed by atoms with E-state index in [1.807, 2.05) is 29.8 Å². The molecule has 0 radical (unpaired) electrons. The van der Waals surface area contributed by atoms with Gasteiger partial charge in [-0.1, -0.05) is 23.7 Å². The second-order valence-corrected chi connectivity index (χ2v) is 4.36. The smallest absolute Gasteiger partial charge is 0.160 e. The van der Waals surface area contributed by atoms with Crippen molar-refractivity contribution in [2.45, 2.75) is 13.5 Å². The lowest BCUT2D eigenvalue weighted by atomic mass is 10.2. The van der Waals surface area contributed by atoms with Crippen LogP contribution in [0.25, 0.3) is 21.9 Å². The van der Waals surface area contributed by atoms with Crippen molar-refractivity contribution >= 4 is 33.5 Å². The predicted molar refractivity (Wildman–Crippen MR) is 72.3 cm³/mol. The Morgan fingerprint density at radius 3 is 2.89 bits per heavy atom. The second kappa shape index (κ2) is 4.14. The van der Waals surface area contributed by atoms with E-state index in [0.29, 0.717) is 5.02 Å². The topological polar surface area (TPSA) is 39.9 Å². The van der Waals surface area contributed by atoms with Gasteiger partial charge in [-0.25, -0.2) is 9.67 Å². The molecule has 92 valence electrons. The van der Waals surface area contributed by atoms with Crippen LogP contribution in [0.3, 0.4) is 0 Å². The first-order valence-electron chi connectivity index (χ1n) is 5.74. The van der Waals surface area contributed by atoms with Gasteiger partial charge in [0.1, 0.15) is 11.3 Å². The van der Waals surface area contributed by atoms with Crippen LogP contribution >= 0.6 is 11.6 Å². The number of pyridine rings is 1. The minimum atomic E-state index is 0.675. The molecule has 0 unspecified atom stereocenters. The van der Waals surface area contributed by atoms with Crippen LogP contribution in [0.2, 0.25) is 5.02 Å². The lowest BCUT2D eigenvalue weighted by Gasteiger charge is -2.07. The van der Waals surface area contributed by atoms with Crippen molar-refractivity contribution in [1.82, 2.24) is 14.8 Å². The van der Waals surface area contributed by atoms with Crippen LogP contribution in [0.1, 0.15) is 6.92 Å². The van der Waals surface area contributed by atoms with E-state index < -0.39 is 0 Å². The summed E-state index contributed by atoms with van der Waals surface area (Å²) in [5.41, 5.74) is 1.56. The van der Waals surface area contributed by atoms with E-state index in [2.05, 4.69) is 10.1 Å². The Morgan fingerprint density at radius 1 is 1.33 bits per heavy atom. The Kier molecular flexibility index (Phi) is 2.59. The summed E-state index contributed by atoms with van der Waals surface area (Å²) in [7, 11) is 1.63. The Balaban J connectivity index is 2.50. The average Bonchev–Trinajstić information content (AvgIpc) is 2.81. The lowest BCUT2D eigenvalue weighted by molar-refractivity contribution is 0.419. The fraction of sp³-hybridized carbons (Fsp3) is 0.231. The monoisotopic (exact) mass is 261 g/mol. The molecule has 0 saturated carbocycles. The summed E-state index contributed by atoms with van der Waals surface area (Å²) in [5.74, 6) is 0.722. The van der Waals surface area contributed by atoms with Gasteiger partial charge in [-0.15, -0.1) is 0 Å². The molecule has 4 nitrogen and oxygen atoms in total. The van der Waals surface area contributed by atoms with Crippen LogP contribution in [0.15, 0.2) is 24.4 Å². The average molecular weight is 262 g/mol. The number of aromatic nitrogens is 3. The molecule has 1 aromatic carbocycles. The summed E-state index contributed by atoms with van der Waals surface area (Å²) in [6.45, 7) is 2.78. The quantitative estimate of drug-likeness (QED) is 0.711. The third kappa shape index (κ3) is 1.46. The molecule has 0 aliphatic carbocycles. The molecule has 0 N–H and O–H groups in total. The molecule has 0 amide bonds. The molecule has 18 heavy (non-hydrogen) atoms. The molecule has 3 aromatic rings. The summed E-state index contributed by atoms with van der Waals surface area (Å²) >= 11 is 6.42. The van der Waals surface area contributed by atoms with E-state index in [4.69, 9.17) is 16.3 Å². The molecule has 3 rings (SSSR count). The molecule has 0 atom stereocenters. The summed E-state index contributed by atoms with van der Waals surface area (Å²) < 4.78 is 7.16. The number of aryl methyl sites for hydroxylation is 1. The van der Waals surface area contributed by atoms with Crippen molar-refractivity contribution in [3.8, 4) is 5.75 Å². The zero-order valence-electron chi connectivity index (χ0n) is 10.1. The Morgan fingerprint density at radius 2 is 2.17 bits per heavy atom. The Hall–Kier alpha value is -1.81. The minimum absolute atomic E-state index is 0.675. The highest BCUT2D eigenvalue weighted by Gasteiger charge is 2.13. The Labute approximate surface area is 109 Å². The number of hydrogen-bond acceptors (Lipinski definition) is 3. The zero-order valence-corrected chi connectivity index (χ0v) is 10.9. The highest BCUT2D eigenvalue weighted by molar-refractivity contribution is 6.40. The van der Waals surface area contributed by atoms with Gasteiger partial charge in [0, 0.05) is 11.9 Å². The molecule has 0 saturated heterocycles. The van der Waals surface area contributed by atoms with Crippen molar-refractivity contribution < 1.29 is 4.74 Å². The highest BCUT2D eigenvalue weighted by Crippen LogP contribution is 2.34. The highest BCUT2D eigenvalue weighted by atomic mass is 35.5. The fourth-order valence-electron chi connectivity index (χ4n) is 2.11. The third-order valence-corrected chi connectivity index (χ3v) is 3.43. The number of para-hydroxylation sites is 1. The van der Waals surface area contributed by atoms with Crippen molar-refractivity contribution in [2.24, 2.45) is 0 Å². The minimum Gasteiger partial charge on any atom is -0.494 e. The first-order chi connectivity index (χ1) is 8.76. The molecule has 2 aromatic heterocycles. The first kappa shape index (κ1) is 11.3. The van der Waals surface area contributed by atoms with Crippen LogP contribution in [-0.2, 0) is 6.54 Å². The van der Waals surface area contributed by atoms with Crippen LogP contribution < -0.4 is 4.74 Å². The van der Waals surface area contributed by atoms with Crippen molar-refractivity contribution in [3.05, 3.63) is 29.4 Å². The molecule has 0 spiro atoms. The van der Waals surface area contributed by atoms with Gasteiger partial charge < -0.3 is 4.74 Å². The number of methoxy groups -OCH3 is 1. The van der Waals surface area contributed by atoms with Crippen LogP contribution in [0.4, 0.5) is 0 Å². The number of benzene rings is 1. The SMILES string of the molecule is CCn1ncc2c(Cl)c3cccc(OC)c3nc21. The van der Waals surface area contributed by atoms with Gasteiger partial charge >= 0.3 is 0 Å². The van der Waals surface area contributed by atoms with Gasteiger partial charge in [0.2, 0.25) is 0 Å². The van der Waals surface area contributed by atoms with Gasteiger partial charge in [0.25, 0.3) is 0 Å². The zero-order chi connectivity index (χ0) is 12.7. The van der Waals surface area contributed by atoms with Gasteiger partial charge in [-0.3, -0.25) is 0 Å². The Bertz CT molecular complexity index is 736. The van der Waals surface area contributed by atoms with Gasteiger partial charge in [-0.2, -0.15) is 5.10 Å². The molecule has 0 bridgehead atoms. The maximum absolute atomic E-state index is 6.42. The number of fused-ring (bicyclic) bond motifs is 2. The van der Waals surface area contributed by atoms with Crippen LogP contribution in [-0.4, -0.2) is 21.9 Å². The lowest BCUT2D eigenvalue weighted by Crippen LogP contribution is -1.98. The molecule has 0 aliphatic heterocycles. The number of rotatable bonds is 2. The third-order valence-electron chi connectivity index (χ3n) is 3.02. The largest absolute Gasteiger partial charge is 0.494 e. The van der Waals surface area contributed by atoms with E-state index >= 15 is 0 Å². The number of nitrogens with zero attached hydrogens (tertiary/aromatic N) is 3. The van der Waals surface area contributed by atoms with E-state index in [1.54, 1.807) is 13.3 Å². The van der Waals surface area contributed by atoms with E-state index in [-0.39, 0.29) is 0 Å². The van der Waals surface area contributed by atoms with E-state index in [9.17, 15) is 0 Å². The second-order valence-electron chi connectivity index (χ2n) is 3.98. The molecule has 2 heterocycles. The summed E-state index contributed by atoms with van der Waals surface area (Å²) in [4.78, 5) is 4.63. The molecule has 5 heteroatoms. The van der Waals surface area contributed by atoms with Gasteiger partial charge in [0.05, 0.1) is 23.7 Å². The van der Waals surface area contributed by atoms with Crippen LogP contribution in [0.5, 0.6) is 5.75 Å². The number of ether oxygens (including phenoxy) is 1. The van der Waals surface area contributed by atoms with Crippen LogP contribution in [0, 0.1) is 0 Å². The fourth-order valence-corrected chi connectivity index (χ4v) is 2.40. The van der Waals surface area contributed by atoms with Gasteiger partial charge in [0.15, 0.2) is 5.65 Å². The van der Waals surface area contributed by atoms with E-state index in [0.717, 1.165) is 34.2 Å². The van der Waals surface area contributed by atoms with Crippen molar-refractivity contribution in [3.63, 3.8) is 0 Å². The summed E-state index contributed by atoms with van der Waals surface area (Å²) in [5, 5.41) is 6.72. The number of halogens is 1. The summed E-state index contributed by atoms with van der Waals surface area (Å²) in [6, 6.07) is 5.73. The van der Waals surface area contributed by atoms with E-state index in [1.165, 1.54) is 0 Å². The summed E-state index contributed by atoms with van der Waals surface area (Å²) in [6.07, 6.45) is 1.76. The number of hydrogen-bond donors (Lipinski definition) is 0. The maximum Gasteiger partial charge on any atom is 0.160 e. The van der Waals surface area contributed by atoms with Gasteiger partial charge in [-0.05, 0) is 13.0 Å². The van der Waals surface area contributed by atoms with Crippen molar-refractivity contribution in [1.29, 1.82) is 0 Å². The molecular formula is C13H12ClN3O. The predicted octanol–water partition coefficient (Wildman–Crippen LogP) is 3.27. The molecular weight excluding hydrogens is 250 g/mol. The molecule has 0 aliphatic rings. The standard InChI is InChI=1S/C13H12ClN3O/c1-3-17-13-9(7-15-17)11(14)8-5-4-6-10(18-2)12(8)16-13/h4-7H,3H2,1-2H3. The first-order valence-corrected chi connectivity index (χ1v) is 6.11.